The summed E-state index contributed by atoms with van der Waals surface area (Å²) >= 11 is 1.84. The van der Waals surface area contributed by atoms with Gasteiger partial charge in [-0.25, -0.2) is 0 Å². The Kier molecular flexibility index (Phi) is 16.0. The maximum Gasteiger partial charge on any atom is 0.147 e. The maximum atomic E-state index is 7.55. The molecule has 5 nitrogen and oxygen atoms in total. The molecule has 0 N–H and O–H groups in total. The van der Waals surface area contributed by atoms with Crippen molar-refractivity contribution >= 4 is 87.6 Å². The number of hydrogen-bond acceptors (Lipinski definition) is 6. The monoisotopic (exact) mass is 1300 g/mol. The molecule has 0 amide bonds. The molecule has 0 spiro atoms. The number of fused-ring (bicyclic) bond motifs is 6. The van der Waals surface area contributed by atoms with E-state index in [2.05, 4.69) is 358 Å². The molecule has 0 unspecified atom stereocenters. The van der Waals surface area contributed by atoms with E-state index in [1.54, 1.807) is 0 Å². The molecule has 15 aromatic carbocycles. The van der Waals surface area contributed by atoms with Gasteiger partial charge in [0, 0.05) is 78.2 Å². The molecule has 0 atom stereocenters. The van der Waals surface area contributed by atoms with Gasteiger partial charge >= 0.3 is 0 Å². The van der Waals surface area contributed by atoms with E-state index in [9.17, 15) is 0 Å². The van der Waals surface area contributed by atoms with Crippen LogP contribution in [-0.2, 0) is 5.41 Å². The quantitative estimate of drug-likeness (QED) is 0.0964. The second kappa shape index (κ2) is 26.2. The Balaban J connectivity index is 0.973. The SMILES string of the molecule is CC(C)(C)c1cc(N(c2cc(Oc3ccc(-c4ccccc4)cc3)cc(Oc3ccc(-c4ccccc4)c4oc5ccccc5c34)c2)c2c(-c3ccccc3)cccc2-c2ccccc2)cc(N(c2c(-c3ccccc3)cccc2-c2ccccc2)c2cccc3c2sc2ccccc23)c1. The number of para-hydroxylation sites is 3. The molecule has 100 heavy (non-hydrogen) atoms. The number of benzene rings is 15. The van der Waals surface area contributed by atoms with Gasteiger partial charge in [0.15, 0.2) is 0 Å². The normalized spacial score (nSPS) is 11.6. The van der Waals surface area contributed by atoms with E-state index in [4.69, 9.17) is 13.9 Å². The van der Waals surface area contributed by atoms with Crippen LogP contribution < -0.4 is 19.3 Å². The van der Waals surface area contributed by atoms with E-state index in [1.165, 1.54) is 20.2 Å². The zero-order chi connectivity index (χ0) is 67.1. The third-order valence-electron chi connectivity index (χ3n) is 18.9. The lowest BCUT2D eigenvalue weighted by atomic mass is 9.85. The van der Waals surface area contributed by atoms with Crippen LogP contribution >= 0.6 is 11.3 Å². The molecular formula is C94H68N2O3S. The van der Waals surface area contributed by atoms with E-state index >= 15 is 0 Å². The minimum absolute atomic E-state index is 0.385. The van der Waals surface area contributed by atoms with E-state index in [0.29, 0.717) is 23.0 Å². The largest absolute Gasteiger partial charge is 0.457 e. The Morgan fingerprint density at radius 2 is 0.740 bits per heavy atom. The molecule has 0 aliphatic heterocycles. The lowest BCUT2D eigenvalue weighted by Gasteiger charge is -2.35. The molecule has 0 aliphatic rings. The summed E-state index contributed by atoms with van der Waals surface area (Å²) < 4.78 is 24.1. The van der Waals surface area contributed by atoms with Gasteiger partial charge in [-0.05, 0) is 111 Å². The van der Waals surface area contributed by atoms with Crippen molar-refractivity contribution in [2.75, 3.05) is 9.80 Å². The standard InChI is InChI=1S/C94H68N2O3S/c1-94(2,3)70-57-71(59-72(58-70)96(85-48-28-47-83-82-41-23-25-50-88(82)100-93(83)85)91-79(67-35-16-7-17-36-67)45-27-46-80(91)68-37-18-8-19-38-68)95(90-77(65-31-12-5-13-32-65)43-26-44-78(90)66-33-14-6-15-34-66)73-60-75(97-74-53-51-64(52-54-74)63-29-10-4-11-30-63)62-76(61-73)98-87-56-55-81(69-39-20-9-21-40-69)92-89(87)84-42-22-24-49-86(84)99-92/h4-62H,1-3H3. The van der Waals surface area contributed by atoms with Gasteiger partial charge in [-0.15, -0.1) is 11.3 Å². The molecule has 6 heteroatoms. The van der Waals surface area contributed by atoms with Crippen molar-refractivity contribution in [2.24, 2.45) is 0 Å². The number of hydrogen-bond donors (Lipinski definition) is 0. The third-order valence-corrected chi connectivity index (χ3v) is 20.1. The topological polar surface area (TPSA) is 38.1 Å². The van der Waals surface area contributed by atoms with Crippen LogP contribution in [0.2, 0.25) is 0 Å². The maximum absolute atomic E-state index is 7.55. The number of furan rings is 1. The van der Waals surface area contributed by atoms with Crippen LogP contribution in [0, 0.1) is 0 Å². The van der Waals surface area contributed by atoms with Gasteiger partial charge in [-0.1, -0.05) is 300 Å². The van der Waals surface area contributed by atoms with Crippen molar-refractivity contribution in [1.29, 1.82) is 0 Å². The summed E-state index contributed by atoms with van der Waals surface area (Å²) in [5, 5.41) is 4.26. The van der Waals surface area contributed by atoms with Gasteiger partial charge in [-0.2, -0.15) is 0 Å². The second-order valence-electron chi connectivity index (χ2n) is 26.3. The molecule has 17 aromatic rings. The van der Waals surface area contributed by atoms with Gasteiger partial charge in [-0.3, -0.25) is 0 Å². The summed E-state index contributed by atoms with van der Waals surface area (Å²) in [5.41, 5.74) is 20.9. The molecular weight excluding hydrogens is 1240 g/mol. The zero-order valence-corrected chi connectivity index (χ0v) is 56.4. The third kappa shape index (κ3) is 11.7. The molecule has 0 saturated heterocycles. The molecule has 0 aliphatic carbocycles. The van der Waals surface area contributed by atoms with Crippen LogP contribution in [0.15, 0.2) is 362 Å². The summed E-state index contributed by atoms with van der Waals surface area (Å²) in [7, 11) is 0. The van der Waals surface area contributed by atoms with E-state index < -0.39 is 0 Å². The predicted octanol–water partition coefficient (Wildman–Crippen LogP) is 27.8. The van der Waals surface area contributed by atoms with Crippen LogP contribution in [0.5, 0.6) is 23.0 Å². The Morgan fingerprint density at radius 1 is 0.310 bits per heavy atom. The summed E-state index contributed by atoms with van der Waals surface area (Å²) in [6.07, 6.45) is 0. The van der Waals surface area contributed by atoms with Crippen molar-refractivity contribution in [1.82, 2.24) is 0 Å². The highest BCUT2D eigenvalue weighted by Crippen LogP contribution is 2.55. The van der Waals surface area contributed by atoms with E-state index in [-0.39, 0.29) is 5.41 Å². The Morgan fingerprint density at radius 3 is 1.29 bits per heavy atom. The fraction of sp³-hybridized carbons (Fsp3) is 0.0426. The number of rotatable bonds is 16. The Hall–Kier alpha value is -12.5. The van der Waals surface area contributed by atoms with Crippen LogP contribution in [0.25, 0.3) is 109 Å². The number of anilines is 6. The van der Waals surface area contributed by atoms with Gasteiger partial charge in [0.25, 0.3) is 0 Å². The van der Waals surface area contributed by atoms with Gasteiger partial charge in [0.1, 0.15) is 34.2 Å². The minimum atomic E-state index is -0.385. The second-order valence-corrected chi connectivity index (χ2v) is 27.4. The minimum Gasteiger partial charge on any atom is -0.457 e. The number of ether oxygens (including phenoxy) is 2. The van der Waals surface area contributed by atoms with Gasteiger partial charge < -0.3 is 23.7 Å². The van der Waals surface area contributed by atoms with Crippen LogP contribution in [0.1, 0.15) is 26.3 Å². The molecule has 0 fully saturated rings. The van der Waals surface area contributed by atoms with Crippen LogP contribution in [0.4, 0.5) is 34.1 Å². The highest BCUT2D eigenvalue weighted by molar-refractivity contribution is 7.26. The van der Waals surface area contributed by atoms with Crippen molar-refractivity contribution in [3.8, 4) is 89.8 Å². The summed E-state index contributed by atoms with van der Waals surface area (Å²) in [6.45, 7) is 6.97. The molecule has 0 radical (unpaired) electrons. The Bertz CT molecular complexity index is 5690. The first kappa shape index (κ1) is 61.1. The fourth-order valence-corrected chi connectivity index (χ4v) is 15.3. The van der Waals surface area contributed by atoms with Crippen molar-refractivity contribution in [3.05, 3.63) is 363 Å². The van der Waals surface area contributed by atoms with E-state index in [0.717, 1.165) is 128 Å². The highest BCUT2D eigenvalue weighted by Gasteiger charge is 2.31. The first-order chi connectivity index (χ1) is 49.2. The number of thiophene rings is 1. The summed E-state index contributed by atoms with van der Waals surface area (Å²) in [6, 6.07) is 128. The van der Waals surface area contributed by atoms with Crippen LogP contribution in [0.3, 0.4) is 0 Å². The fourth-order valence-electron chi connectivity index (χ4n) is 14.1. The van der Waals surface area contributed by atoms with Crippen molar-refractivity contribution in [2.45, 2.75) is 26.2 Å². The van der Waals surface area contributed by atoms with Gasteiger partial charge in [0.05, 0.1) is 32.8 Å². The first-order valence-electron chi connectivity index (χ1n) is 34.0. The van der Waals surface area contributed by atoms with Crippen LogP contribution in [-0.4, -0.2) is 0 Å². The average Bonchev–Trinajstić information content (AvgIpc) is 1.37. The average molecular weight is 1310 g/mol. The smallest absolute Gasteiger partial charge is 0.147 e. The van der Waals surface area contributed by atoms with Crippen molar-refractivity contribution in [3.63, 3.8) is 0 Å². The summed E-state index contributed by atoms with van der Waals surface area (Å²) in [5.74, 6) is 2.46. The molecule has 0 saturated carbocycles. The highest BCUT2D eigenvalue weighted by atomic mass is 32.1. The molecule has 2 heterocycles. The summed E-state index contributed by atoms with van der Waals surface area (Å²) in [4.78, 5) is 5.02. The first-order valence-corrected chi connectivity index (χ1v) is 34.8. The lowest BCUT2D eigenvalue weighted by molar-refractivity contribution is 0.463. The lowest BCUT2D eigenvalue weighted by Crippen LogP contribution is -2.19. The van der Waals surface area contributed by atoms with Crippen molar-refractivity contribution < 1.29 is 13.9 Å². The molecule has 478 valence electrons. The number of nitrogens with zero attached hydrogens (tertiary/aromatic N) is 2. The Labute approximate surface area is 586 Å². The van der Waals surface area contributed by atoms with E-state index in [1.807, 2.05) is 41.7 Å². The molecule has 2 aromatic heterocycles. The predicted molar refractivity (Wildman–Crippen MR) is 420 cm³/mol. The molecule has 0 bridgehead atoms. The zero-order valence-electron chi connectivity index (χ0n) is 55.6. The molecule has 17 rings (SSSR count). The van der Waals surface area contributed by atoms with Gasteiger partial charge in [0.2, 0.25) is 0 Å².